The van der Waals surface area contributed by atoms with Gasteiger partial charge in [0.15, 0.2) is 11.6 Å². The summed E-state index contributed by atoms with van der Waals surface area (Å²) in [4.78, 5) is 8.35. The number of hydrogen-bond donors (Lipinski definition) is 1. The van der Waals surface area contributed by atoms with E-state index in [1.807, 2.05) is 13.8 Å². The van der Waals surface area contributed by atoms with Crippen molar-refractivity contribution in [2.45, 2.75) is 32.3 Å². The SMILES string of the molecule is COCc1nc(Cl)cc(NCC2COC(C)(C)O2)n1. The lowest BCUT2D eigenvalue weighted by Gasteiger charge is -2.17. The zero-order chi connectivity index (χ0) is 13.9. The highest BCUT2D eigenvalue weighted by molar-refractivity contribution is 6.29. The Labute approximate surface area is 117 Å². The largest absolute Gasteiger partial charge is 0.377 e. The Kier molecular flexibility index (Phi) is 4.57. The van der Waals surface area contributed by atoms with Crippen LogP contribution in [0.2, 0.25) is 5.15 Å². The maximum atomic E-state index is 5.92. The molecule has 0 bridgehead atoms. The molecule has 1 atom stereocenters. The van der Waals surface area contributed by atoms with E-state index in [0.29, 0.717) is 36.6 Å². The van der Waals surface area contributed by atoms with Crippen molar-refractivity contribution in [3.05, 3.63) is 17.0 Å². The minimum Gasteiger partial charge on any atom is -0.377 e. The summed E-state index contributed by atoms with van der Waals surface area (Å²) in [7, 11) is 1.59. The topological polar surface area (TPSA) is 65.5 Å². The van der Waals surface area contributed by atoms with E-state index in [1.165, 1.54) is 0 Å². The van der Waals surface area contributed by atoms with Crippen LogP contribution in [0.25, 0.3) is 0 Å². The fraction of sp³-hybridized carbons (Fsp3) is 0.667. The van der Waals surface area contributed by atoms with Crippen molar-refractivity contribution in [2.75, 3.05) is 25.6 Å². The Morgan fingerprint density at radius 3 is 2.95 bits per heavy atom. The van der Waals surface area contributed by atoms with Gasteiger partial charge in [-0.3, -0.25) is 0 Å². The molecular formula is C12H18ClN3O3. The normalized spacial score (nSPS) is 21.6. The highest BCUT2D eigenvalue weighted by Crippen LogP contribution is 2.22. The Morgan fingerprint density at radius 1 is 1.53 bits per heavy atom. The van der Waals surface area contributed by atoms with E-state index in [4.69, 9.17) is 25.8 Å². The maximum Gasteiger partial charge on any atom is 0.163 e. The van der Waals surface area contributed by atoms with Crippen LogP contribution in [-0.2, 0) is 20.8 Å². The van der Waals surface area contributed by atoms with Crippen LogP contribution < -0.4 is 5.32 Å². The number of methoxy groups -OCH3 is 1. The van der Waals surface area contributed by atoms with Crippen molar-refractivity contribution in [2.24, 2.45) is 0 Å². The standard InChI is InChI=1S/C12H18ClN3O3/c1-12(2)18-6-8(19-12)5-14-10-4-9(13)15-11(16-10)7-17-3/h4,8H,5-7H2,1-3H3,(H,14,15,16). The van der Waals surface area contributed by atoms with Crippen LogP contribution in [0.3, 0.4) is 0 Å². The first kappa shape index (κ1) is 14.5. The summed E-state index contributed by atoms with van der Waals surface area (Å²) >= 11 is 5.92. The van der Waals surface area contributed by atoms with Gasteiger partial charge in [-0.25, -0.2) is 9.97 Å². The lowest BCUT2D eigenvalue weighted by molar-refractivity contribution is -0.136. The van der Waals surface area contributed by atoms with E-state index in [9.17, 15) is 0 Å². The monoisotopic (exact) mass is 287 g/mol. The number of nitrogens with one attached hydrogen (secondary N) is 1. The van der Waals surface area contributed by atoms with Gasteiger partial charge in [-0.15, -0.1) is 0 Å². The van der Waals surface area contributed by atoms with Crippen LogP contribution in [-0.4, -0.2) is 42.1 Å². The summed E-state index contributed by atoms with van der Waals surface area (Å²) in [6, 6.07) is 1.67. The van der Waals surface area contributed by atoms with Crippen LogP contribution in [0, 0.1) is 0 Å². The molecule has 7 heteroatoms. The predicted molar refractivity (Wildman–Crippen MR) is 71.1 cm³/mol. The van der Waals surface area contributed by atoms with E-state index in [-0.39, 0.29) is 6.10 Å². The van der Waals surface area contributed by atoms with Gasteiger partial charge in [0, 0.05) is 19.7 Å². The summed E-state index contributed by atoms with van der Waals surface area (Å²) in [5, 5.41) is 3.55. The Bertz CT molecular complexity index is 442. The summed E-state index contributed by atoms with van der Waals surface area (Å²) in [6.45, 7) is 5.27. The van der Waals surface area contributed by atoms with Gasteiger partial charge in [0.1, 0.15) is 23.7 Å². The van der Waals surface area contributed by atoms with Crippen LogP contribution in [0.4, 0.5) is 5.82 Å². The second-order valence-corrected chi connectivity index (χ2v) is 5.14. The molecule has 1 saturated heterocycles. The number of ether oxygens (including phenoxy) is 3. The molecule has 6 nitrogen and oxygen atoms in total. The van der Waals surface area contributed by atoms with Gasteiger partial charge in [0.25, 0.3) is 0 Å². The Hall–Kier alpha value is -0.950. The quantitative estimate of drug-likeness (QED) is 0.834. The lowest BCUT2D eigenvalue weighted by atomic mass is 10.3. The molecule has 1 unspecified atom stereocenters. The van der Waals surface area contributed by atoms with Gasteiger partial charge in [-0.05, 0) is 13.8 Å². The molecule has 19 heavy (non-hydrogen) atoms. The van der Waals surface area contributed by atoms with Crippen molar-refractivity contribution in [1.29, 1.82) is 0 Å². The molecule has 1 aromatic heterocycles. The number of halogens is 1. The third kappa shape index (κ3) is 4.28. The summed E-state index contributed by atoms with van der Waals surface area (Å²) in [5.41, 5.74) is 0. The molecule has 1 N–H and O–H groups in total. The fourth-order valence-electron chi connectivity index (χ4n) is 1.83. The first-order chi connectivity index (χ1) is 8.98. The summed E-state index contributed by atoms with van der Waals surface area (Å²) in [5.74, 6) is 0.679. The van der Waals surface area contributed by atoms with Gasteiger partial charge in [-0.1, -0.05) is 11.6 Å². The molecule has 1 aliphatic heterocycles. The second kappa shape index (κ2) is 6.00. The minimum absolute atomic E-state index is 0.00499. The second-order valence-electron chi connectivity index (χ2n) is 4.76. The molecule has 1 aliphatic rings. The fourth-order valence-corrected chi connectivity index (χ4v) is 2.03. The van der Waals surface area contributed by atoms with Gasteiger partial charge in [0.2, 0.25) is 0 Å². The first-order valence-corrected chi connectivity index (χ1v) is 6.44. The molecule has 0 aliphatic carbocycles. The van der Waals surface area contributed by atoms with Crippen LogP contribution in [0.15, 0.2) is 6.07 Å². The third-order valence-electron chi connectivity index (χ3n) is 2.59. The summed E-state index contributed by atoms with van der Waals surface area (Å²) in [6.07, 6.45) is -0.00499. The maximum absolute atomic E-state index is 5.92. The minimum atomic E-state index is -0.517. The Morgan fingerprint density at radius 2 is 2.32 bits per heavy atom. The highest BCUT2D eigenvalue weighted by Gasteiger charge is 2.32. The van der Waals surface area contributed by atoms with Crippen molar-refractivity contribution >= 4 is 17.4 Å². The van der Waals surface area contributed by atoms with E-state index in [2.05, 4.69) is 15.3 Å². The van der Waals surface area contributed by atoms with Crippen molar-refractivity contribution in [3.63, 3.8) is 0 Å². The number of rotatable bonds is 5. The average Bonchev–Trinajstić information content (AvgIpc) is 2.66. The van der Waals surface area contributed by atoms with E-state index >= 15 is 0 Å². The number of aromatic nitrogens is 2. The van der Waals surface area contributed by atoms with Gasteiger partial charge in [0.05, 0.1) is 6.61 Å². The molecular weight excluding hydrogens is 270 g/mol. The number of hydrogen-bond acceptors (Lipinski definition) is 6. The molecule has 1 aromatic rings. The summed E-state index contributed by atoms with van der Waals surface area (Å²) < 4.78 is 16.2. The van der Waals surface area contributed by atoms with Gasteiger partial charge in [-0.2, -0.15) is 0 Å². The van der Waals surface area contributed by atoms with Crippen molar-refractivity contribution < 1.29 is 14.2 Å². The zero-order valence-electron chi connectivity index (χ0n) is 11.3. The van der Waals surface area contributed by atoms with Gasteiger partial charge < -0.3 is 19.5 Å². The van der Waals surface area contributed by atoms with E-state index in [1.54, 1.807) is 13.2 Å². The third-order valence-corrected chi connectivity index (χ3v) is 2.79. The predicted octanol–water partition coefficient (Wildman–Crippen LogP) is 1.84. The molecule has 0 amide bonds. The zero-order valence-corrected chi connectivity index (χ0v) is 12.0. The van der Waals surface area contributed by atoms with E-state index in [0.717, 1.165) is 0 Å². The average molecular weight is 288 g/mol. The molecule has 0 aromatic carbocycles. The molecule has 0 spiro atoms. The molecule has 0 saturated carbocycles. The molecule has 2 heterocycles. The smallest absolute Gasteiger partial charge is 0.163 e. The first-order valence-electron chi connectivity index (χ1n) is 6.06. The number of nitrogens with zero attached hydrogens (tertiary/aromatic N) is 2. The molecule has 2 rings (SSSR count). The Balaban J connectivity index is 1.92. The van der Waals surface area contributed by atoms with E-state index < -0.39 is 5.79 Å². The molecule has 1 fully saturated rings. The van der Waals surface area contributed by atoms with Crippen LogP contribution in [0.1, 0.15) is 19.7 Å². The molecule has 106 valence electrons. The molecule has 0 radical (unpaired) electrons. The highest BCUT2D eigenvalue weighted by atomic mass is 35.5. The lowest BCUT2D eigenvalue weighted by Crippen LogP contribution is -2.26. The van der Waals surface area contributed by atoms with Crippen LogP contribution in [0.5, 0.6) is 0 Å². The van der Waals surface area contributed by atoms with Crippen LogP contribution >= 0.6 is 11.6 Å². The number of anilines is 1. The van der Waals surface area contributed by atoms with Crippen molar-refractivity contribution in [3.8, 4) is 0 Å². The van der Waals surface area contributed by atoms with Crippen molar-refractivity contribution in [1.82, 2.24) is 9.97 Å². The van der Waals surface area contributed by atoms with Gasteiger partial charge >= 0.3 is 0 Å².